The van der Waals surface area contributed by atoms with Crippen LogP contribution in [-0.4, -0.2) is 24.2 Å². The van der Waals surface area contributed by atoms with E-state index in [0.29, 0.717) is 0 Å². The normalized spacial score (nSPS) is 16.1. The summed E-state index contributed by atoms with van der Waals surface area (Å²) >= 11 is 0. The highest BCUT2D eigenvalue weighted by molar-refractivity contribution is 7.85. The Morgan fingerprint density at radius 2 is 2.19 bits per heavy atom. The molecule has 1 aliphatic rings. The van der Waals surface area contributed by atoms with Gasteiger partial charge in [-0.3, -0.25) is 4.18 Å². The van der Waals surface area contributed by atoms with Crippen molar-refractivity contribution in [3.63, 3.8) is 0 Å². The summed E-state index contributed by atoms with van der Waals surface area (Å²) in [5.41, 5.74) is 1.76. The molecule has 5 nitrogen and oxygen atoms in total. The summed E-state index contributed by atoms with van der Waals surface area (Å²) in [7, 11) is -3.38. The van der Waals surface area contributed by atoms with Crippen molar-refractivity contribution in [3.05, 3.63) is 17.2 Å². The maximum Gasteiger partial charge on any atom is 0.264 e. The van der Waals surface area contributed by atoms with E-state index >= 15 is 0 Å². The lowest BCUT2D eigenvalue weighted by molar-refractivity contribution is 0.297. The van der Waals surface area contributed by atoms with Gasteiger partial charge in [0.25, 0.3) is 10.1 Å². The molecule has 6 heteroatoms. The standard InChI is InChI=1S/C10H16N2O3S/c1-8-9(7-15-16(2,13)14)12-6-4-3-5-10(12)11-8/h3-7H2,1-2H3. The van der Waals surface area contributed by atoms with Crippen LogP contribution < -0.4 is 0 Å². The number of nitrogens with zero attached hydrogens (tertiary/aromatic N) is 2. The fourth-order valence-electron chi connectivity index (χ4n) is 2.02. The Bertz CT molecular complexity index is 490. The molecule has 0 N–H and O–H groups in total. The summed E-state index contributed by atoms with van der Waals surface area (Å²) in [6.07, 6.45) is 4.31. The maximum atomic E-state index is 11.0. The number of imidazole rings is 1. The van der Waals surface area contributed by atoms with E-state index in [1.807, 2.05) is 6.92 Å². The molecule has 1 aliphatic heterocycles. The van der Waals surface area contributed by atoms with E-state index < -0.39 is 10.1 Å². The van der Waals surface area contributed by atoms with Crippen LogP contribution in [0.1, 0.15) is 30.1 Å². The molecular weight excluding hydrogens is 228 g/mol. The molecule has 0 amide bonds. The van der Waals surface area contributed by atoms with Crippen molar-refractivity contribution in [2.24, 2.45) is 0 Å². The van der Waals surface area contributed by atoms with Gasteiger partial charge in [-0.05, 0) is 19.8 Å². The Labute approximate surface area is 95.6 Å². The van der Waals surface area contributed by atoms with Crippen LogP contribution in [0.2, 0.25) is 0 Å². The van der Waals surface area contributed by atoms with E-state index in [1.165, 1.54) is 0 Å². The molecule has 0 saturated heterocycles. The van der Waals surface area contributed by atoms with Crippen LogP contribution in [0.4, 0.5) is 0 Å². The lowest BCUT2D eigenvalue weighted by Gasteiger charge is -2.16. The molecule has 0 aromatic carbocycles. The van der Waals surface area contributed by atoms with E-state index in [0.717, 1.165) is 49.3 Å². The smallest absolute Gasteiger partial charge is 0.264 e. The van der Waals surface area contributed by atoms with Crippen LogP contribution in [0.25, 0.3) is 0 Å². The summed E-state index contributed by atoms with van der Waals surface area (Å²) in [6.45, 7) is 2.91. The minimum absolute atomic E-state index is 0.0949. The molecule has 2 rings (SSSR count). The maximum absolute atomic E-state index is 11.0. The molecule has 0 radical (unpaired) electrons. The highest BCUT2D eigenvalue weighted by Gasteiger charge is 2.18. The second-order valence-electron chi connectivity index (χ2n) is 4.14. The number of aryl methyl sites for hydroxylation is 2. The van der Waals surface area contributed by atoms with Crippen molar-refractivity contribution in [1.82, 2.24) is 9.55 Å². The van der Waals surface area contributed by atoms with E-state index in [-0.39, 0.29) is 6.61 Å². The van der Waals surface area contributed by atoms with Gasteiger partial charge in [0.1, 0.15) is 12.4 Å². The molecule has 1 aromatic rings. The number of rotatable bonds is 3. The average molecular weight is 244 g/mol. The van der Waals surface area contributed by atoms with Crippen molar-refractivity contribution >= 4 is 10.1 Å². The molecule has 0 unspecified atom stereocenters. The topological polar surface area (TPSA) is 61.2 Å². The fourth-order valence-corrected chi connectivity index (χ4v) is 2.35. The molecule has 1 aromatic heterocycles. The summed E-state index contributed by atoms with van der Waals surface area (Å²) in [6, 6.07) is 0. The molecule has 0 spiro atoms. The number of aromatic nitrogens is 2. The van der Waals surface area contributed by atoms with Gasteiger partial charge in [0.15, 0.2) is 0 Å². The van der Waals surface area contributed by atoms with Crippen LogP contribution in [-0.2, 0) is 33.9 Å². The van der Waals surface area contributed by atoms with Gasteiger partial charge in [-0.15, -0.1) is 0 Å². The van der Waals surface area contributed by atoms with Crippen molar-refractivity contribution < 1.29 is 12.6 Å². The van der Waals surface area contributed by atoms with Crippen LogP contribution in [0.15, 0.2) is 0 Å². The minimum Gasteiger partial charge on any atom is -0.330 e. The highest BCUT2D eigenvalue weighted by Crippen LogP contribution is 2.20. The zero-order valence-corrected chi connectivity index (χ0v) is 10.4. The molecule has 0 saturated carbocycles. The van der Waals surface area contributed by atoms with Gasteiger partial charge in [0.2, 0.25) is 0 Å². The third-order valence-corrected chi connectivity index (χ3v) is 3.34. The Kier molecular flexibility index (Phi) is 3.03. The molecule has 0 aliphatic carbocycles. The SMILES string of the molecule is Cc1nc2n(c1COS(C)(=O)=O)CCCC2. The predicted molar refractivity (Wildman–Crippen MR) is 59.5 cm³/mol. The van der Waals surface area contributed by atoms with E-state index in [2.05, 4.69) is 9.55 Å². The minimum atomic E-state index is -3.38. The lowest BCUT2D eigenvalue weighted by Crippen LogP contribution is -2.14. The second-order valence-corrected chi connectivity index (χ2v) is 5.78. The first-order chi connectivity index (χ1) is 7.47. The van der Waals surface area contributed by atoms with E-state index in [1.54, 1.807) is 0 Å². The molecular formula is C10H16N2O3S. The molecule has 0 atom stereocenters. The second kappa shape index (κ2) is 4.18. The quantitative estimate of drug-likeness (QED) is 0.744. The van der Waals surface area contributed by atoms with Gasteiger partial charge in [-0.25, -0.2) is 4.98 Å². The Morgan fingerprint density at radius 3 is 2.88 bits per heavy atom. The largest absolute Gasteiger partial charge is 0.330 e. The van der Waals surface area contributed by atoms with Gasteiger partial charge < -0.3 is 4.57 Å². The predicted octanol–water partition coefficient (Wildman–Crippen LogP) is 1.00. The Hall–Kier alpha value is -0.880. The summed E-state index contributed by atoms with van der Waals surface area (Å²) in [4.78, 5) is 4.44. The summed E-state index contributed by atoms with van der Waals surface area (Å²) < 4.78 is 28.8. The first-order valence-electron chi connectivity index (χ1n) is 5.36. The van der Waals surface area contributed by atoms with Crippen LogP contribution in [0.3, 0.4) is 0 Å². The van der Waals surface area contributed by atoms with E-state index in [9.17, 15) is 8.42 Å². The zero-order chi connectivity index (χ0) is 11.8. The third-order valence-electron chi connectivity index (χ3n) is 2.79. The molecule has 2 heterocycles. The van der Waals surface area contributed by atoms with Crippen molar-refractivity contribution in [1.29, 1.82) is 0 Å². The Morgan fingerprint density at radius 1 is 1.44 bits per heavy atom. The van der Waals surface area contributed by atoms with E-state index in [4.69, 9.17) is 4.18 Å². The van der Waals surface area contributed by atoms with Gasteiger partial charge in [-0.2, -0.15) is 8.42 Å². The van der Waals surface area contributed by atoms with Crippen LogP contribution in [0, 0.1) is 6.92 Å². The number of hydrogen-bond acceptors (Lipinski definition) is 4. The lowest BCUT2D eigenvalue weighted by atomic mass is 10.1. The number of fused-ring (bicyclic) bond motifs is 1. The number of hydrogen-bond donors (Lipinski definition) is 0. The average Bonchev–Trinajstić information content (AvgIpc) is 2.49. The molecule has 0 bridgehead atoms. The van der Waals surface area contributed by atoms with Crippen LogP contribution >= 0.6 is 0 Å². The third kappa shape index (κ3) is 2.44. The monoisotopic (exact) mass is 244 g/mol. The first kappa shape index (κ1) is 11.6. The zero-order valence-electron chi connectivity index (χ0n) is 9.56. The first-order valence-corrected chi connectivity index (χ1v) is 7.18. The van der Waals surface area contributed by atoms with Crippen LogP contribution in [0.5, 0.6) is 0 Å². The van der Waals surface area contributed by atoms with Gasteiger partial charge in [0, 0.05) is 13.0 Å². The van der Waals surface area contributed by atoms with Gasteiger partial charge in [0.05, 0.1) is 17.6 Å². The molecule has 90 valence electrons. The Balaban J connectivity index is 2.23. The fraction of sp³-hybridized carbons (Fsp3) is 0.700. The van der Waals surface area contributed by atoms with Crippen molar-refractivity contribution in [2.75, 3.05) is 6.26 Å². The molecule has 16 heavy (non-hydrogen) atoms. The van der Waals surface area contributed by atoms with Crippen molar-refractivity contribution in [2.45, 2.75) is 39.3 Å². The van der Waals surface area contributed by atoms with Gasteiger partial charge >= 0.3 is 0 Å². The van der Waals surface area contributed by atoms with Crippen molar-refractivity contribution in [3.8, 4) is 0 Å². The molecule has 0 fully saturated rings. The highest BCUT2D eigenvalue weighted by atomic mass is 32.2. The summed E-state index contributed by atoms with van der Waals surface area (Å²) in [5.74, 6) is 1.05. The summed E-state index contributed by atoms with van der Waals surface area (Å²) in [5, 5.41) is 0. The van der Waals surface area contributed by atoms with Gasteiger partial charge in [-0.1, -0.05) is 0 Å².